The first kappa shape index (κ1) is 41.2. The zero-order chi connectivity index (χ0) is 37.7. The van der Waals surface area contributed by atoms with Gasteiger partial charge in [-0.2, -0.15) is 0 Å². The van der Waals surface area contributed by atoms with Gasteiger partial charge in [-0.05, 0) is 76.5 Å². The molecule has 0 bridgehead atoms. The SMILES string of the molecule is C/C=C(/C)C(=O)O[C@@H]1[C@@H](O[C@H]2O[C@@H](C)[C@H](OC(C)=O)[C@@H](OC(C)=O)[C@H]2OC(C)=O)C[C@@]2(C)[C@H](CC[C@@H](C)CC(=O)OC)C(C)=CC[C@@H]2C1(C)C. The van der Waals surface area contributed by atoms with E-state index in [0.29, 0.717) is 18.4 Å². The summed E-state index contributed by atoms with van der Waals surface area (Å²) in [6.45, 7) is 19.4. The third-order valence-electron chi connectivity index (χ3n) is 11.0. The Bertz CT molecular complexity index is 1330. The van der Waals surface area contributed by atoms with Gasteiger partial charge >= 0.3 is 29.8 Å². The molecule has 1 saturated carbocycles. The van der Waals surface area contributed by atoms with Crippen LogP contribution in [0.1, 0.15) is 108 Å². The van der Waals surface area contributed by atoms with Crippen LogP contribution in [0.15, 0.2) is 23.3 Å². The molecule has 0 aromatic rings. The summed E-state index contributed by atoms with van der Waals surface area (Å²) in [6.07, 6.45) is -0.0436. The van der Waals surface area contributed by atoms with Crippen molar-refractivity contribution in [2.24, 2.45) is 28.6 Å². The Morgan fingerprint density at radius 2 is 1.52 bits per heavy atom. The van der Waals surface area contributed by atoms with Gasteiger partial charge in [0.1, 0.15) is 6.10 Å². The first-order chi connectivity index (χ1) is 23.3. The van der Waals surface area contributed by atoms with E-state index in [1.54, 1.807) is 26.8 Å². The number of carbonyl (C=O) groups is 5. The average molecular weight is 707 g/mol. The Balaban J connectivity index is 2.10. The van der Waals surface area contributed by atoms with Crippen molar-refractivity contribution < 1.29 is 57.1 Å². The van der Waals surface area contributed by atoms with Crippen molar-refractivity contribution in [1.82, 2.24) is 0 Å². The zero-order valence-electron chi connectivity index (χ0n) is 31.9. The predicted molar refractivity (Wildman–Crippen MR) is 182 cm³/mol. The van der Waals surface area contributed by atoms with Crippen molar-refractivity contribution in [3.63, 3.8) is 0 Å². The minimum Gasteiger partial charge on any atom is -0.469 e. The summed E-state index contributed by atoms with van der Waals surface area (Å²) in [7, 11) is 1.40. The minimum atomic E-state index is -1.30. The van der Waals surface area contributed by atoms with Crippen molar-refractivity contribution in [2.75, 3.05) is 7.11 Å². The van der Waals surface area contributed by atoms with Gasteiger partial charge in [-0.3, -0.25) is 19.2 Å². The molecule has 1 aliphatic heterocycles. The van der Waals surface area contributed by atoms with Gasteiger partial charge < -0.3 is 33.2 Å². The van der Waals surface area contributed by atoms with Gasteiger partial charge in [0, 0.05) is 38.2 Å². The summed E-state index contributed by atoms with van der Waals surface area (Å²) >= 11 is 0. The molecular weight excluding hydrogens is 648 g/mol. The molecule has 0 unspecified atom stereocenters. The lowest BCUT2D eigenvalue weighted by atomic mass is 9.46. The van der Waals surface area contributed by atoms with Gasteiger partial charge in [-0.1, -0.05) is 45.4 Å². The van der Waals surface area contributed by atoms with E-state index in [4.69, 9.17) is 33.2 Å². The third-order valence-corrected chi connectivity index (χ3v) is 11.0. The summed E-state index contributed by atoms with van der Waals surface area (Å²) in [4.78, 5) is 62.2. The fourth-order valence-electron chi connectivity index (χ4n) is 8.54. The molecule has 1 heterocycles. The van der Waals surface area contributed by atoms with Crippen LogP contribution in [0.3, 0.4) is 0 Å². The number of ether oxygens (including phenoxy) is 7. The molecule has 11 atom stereocenters. The van der Waals surface area contributed by atoms with Crippen LogP contribution in [-0.4, -0.2) is 79.9 Å². The summed E-state index contributed by atoms with van der Waals surface area (Å²) in [6, 6.07) is 0. The molecule has 0 aromatic heterocycles. The van der Waals surface area contributed by atoms with Crippen molar-refractivity contribution in [3.05, 3.63) is 23.3 Å². The molecule has 2 fully saturated rings. The second kappa shape index (κ2) is 16.8. The number of allylic oxidation sites excluding steroid dienone is 3. The number of esters is 5. The lowest BCUT2D eigenvalue weighted by Crippen LogP contribution is -2.65. The molecule has 3 rings (SSSR count). The Hall–Kier alpha value is -3.25. The highest BCUT2D eigenvalue weighted by Gasteiger charge is 2.62. The molecule has 1 saturated heterocycles. The van der Waals surface area contributed by atoms with Crippen LogP contribution >= 0.6 is 0 Å². The van der Waals surface area contributed by atoms with Crippen molar-refractivity contribution >= 4 is 29.8 Å². The minimum absolute atomic E-state index is 0.0841. The van der Waals surface area contributed by atoms with Gasteiger partial charge in [-0.15, -0.1) is 0 Å². The van der Waals surface area contributed by atoms with E-state index in [2.05, 4.69) is 33.8 Å². The van der Waals surface area contributed by atoms with E-state index in [1.165, 1.54) is 33.5 Å². The monoisotopic (exact) mass is 706 g/mol. The van der Waals surface area contributed by atoms with E-state index in [9.17, 15) is 24.0 Å². The highest BCUT2D eigenvalue weighted by atomic mass is 16.7. The first-order valence-electron chi connectivity index (χ1n) is 17.7. The van der Waals surface area contributed by atoms with Gasteiger partial charge in [0.05, 0.1) is 19.3 Å². The number of methoxy groups -OCH3 is 1. The molecule has 282 valence electrons. The van der Waals surface area contributed by atoms with Crippen LogP contribution in [0.5, 0.6) is 0 Å². The van der Waals surface area contributed by atoms with Crippen molar-refractivity contribution in [1.29, 1.82) is 0 Å². The highest BCUT2D eigenvalue weighted by molar-refractivity contribution is 5.87. The van der Waals surface area contributed by atoms with Crippen molar-refractivity contribution in [2.45, 2.75) is 151 Å². The number of hydrogen-bond donors (Lipinski definition) is 0. The van der Waals surface area contributed by atoms with Crippen LogP contribution in [-0.2, 0) is 57.1 Å². The summed E-state index contributed by atoms with van der Waals surface area (Å²) < 4.78 is 41.2. The van der Waals surface area contributed by atoms with Crippen LogP contribution in [0.25, 0.3) is 0 Å². The van der Waals surface area contributed by atoms with Gasteiger partial charge in [0.15, 0.2) is 24.6 Å². The Morgan fingerprint density at radius 3 is 2.08 bits per heavy atom. The summed E-state index contributed by atoms with van der Waals surface area (Å²) in [5.41, 5.74) is 0.747. The molecule has 3 aliphatic rings. The smallest absolute Gasteiger partial charge is 0.333 e. The molecule has 0 spiro atoms. The maximum atomic E-state index is 13.4. The zero-order valence-corrected chi connectivity index (χ0v) is 31.9. The Labute approximate surface area is 296 Å². The molecule has 50 heavy (non-hydrogen) atoms. The predicted octanol–water partition coefficient (Wildman–Crippen LogP) is 5.79. The summed E-state index contributed by atoms with van der Waals surface area (Å²) in [5.74, 6) is -2.37. The average Bonchev–Trinajstić information content (AvgIpc) is 3.00. The molecule has 0 aromatic carbocycles. The maximum absolute atomic E-state index is 13.4. The molecule has 0 N–H and O–H groups in total. The third kappa shape index (κ3) is 9.34. The Kier molecular flexibility index (Phi) is 13.9. The van der Waals surface area contributed by atoms with Gasteiger partial charge in [0.2, 0.25) is 0 Å². The quantitative estimate of drug-likeness (QED) is 0.105. The van der Waals surface area contributed by atoms with E-state index in [-0.39, 0.29) is 29.1 Å². The van der Waals surface area contributed by atoms with Crippen molar-refractivity contribution in [3.8, 4) is 0 Å². The van der Waals surface area contributed by atoms with E-state index >= 15 is 0 Å². The standard InChI is InChI=1S/C38H58O12/c1-13-21(3)35(43)50-34-28(49-36-33(48-26(8)41)32(47-25(7)40)31(23(5)45-36)46-24(6)39)19-38(11)27(16-14-20(2)18-30(42)44-12)22(4)15-17-29(38)37(34,9)10/h13,15,20,23,27-29,31-34,36H,14,16-19H2,1-12H3/b21-13-/t20-,23+,27-,28+,29-,31+,32-,33-,34-,36-,38+/m1/s1. The maximum Gasteiger partial charge on any atom is 0.333 e. The highest BCUT2D eigenvalue weighted by Crippen LogP contribution is 2.62. The second-order valence-electron chi connectivity index (χ2n) is 15.2. The van der Waals surface area contributed by atoms with E-state index in [1.807, 2.05) is 6.92 Å². The number of hydrogen-bond acceptors (Lipinski definition) is 12. The van der Waals surface area contributed by atoms with E-state index < -0.39 is 72.2 Å². The fraction of sp³-hybridized carbons (Fsp3) is 0.763. The largest absolute Gasteiger partial charge is 0.469 e. The molecule has 0 amide bonds. The molecular formula is C38H58O12. The van der Waals surface area contributed by atoms with Crippen LogP contribution in [0, 0.1) is 28.6 Å². The van der Waals surface area contributed by atoms with Gasteiger partial charge in [0.25, 0.3) is 0 Å². The second-order valence-corrected chi connectivity index (χ2v) is 15.2. The molecule has 12 heteroatoms. The molecule has 2 aliphatic carbocycles. The van der Waals surface area contributed by atoms with E-state index in [0.717, 1.165) is 19.3 Å². The van der Waals surface area contributed by atoms with Crippen LogP contribution < -0.4 is 0 Å². The molecule has 0 radical (unpaired) electrons. The number of rotatable bonds is 12. The van der Waals surface area contributed by atoms with Crippen LogP contribution in [0.4, 0.5) is 0 Å². The molecule has 12 nitrogen and oxygen atoms in total. The van der Waals surface area contributed by atoms with Gasteiger partial charge in [-0.25, -0.2) is 4.79 Å². The first-order valence-corrected chi connectivity index (χ1v) is 17.7. The number of carbonyl (C=O) groups excluding carboxylic acids is 5. The topological polar surface area (TPSA) is 150 Å². The van der Waals surface area contributed by atoms with Crippen LogP contribution in [0.2, 0.25) is 0 Å². The lowest BCUT2D eigenvalue weighted by Gasteiger charge is -2.61. The number of fused-ring (bicyclic) bond motifs is 1. The fourth-order valence-corrected chi connectivity index (χ4v) is 8.54. The lowest BCUT2D eigenvalue weighted by molar-refractivity contribution is -0.329. The summed E-state index contributed by atoms with van der Waals surface area (Å²) in [5, 5.41) is 0. The Morgan fingerprint density at radius 1 is 0.940 bits per heavy atom. The normalized spacial score (nSPS) is 34.3.